The summed E-state index contributed by atoms with van der Waals surface area (Å²) >= 11 is 1.19. The van der Waals surface area contributed by atoms with Crippen LogP contribution in [-0.2, 0) is 9.59 Å². The van der Waals surface area contributed by atoms with Crippen molar-refractivity contribution in [3.63, 3.8) is 0 Å². The van der Waals surface area contributed by atoms with Crippen LogP contribution in [0.5, 0.6) is 5.75 Å². The molecule has 27 heavy (non-hydrogen) atoms. The summed E-state index contributed by atoms with van der Waals surface area (Å²) in [6.45, 7) is 0. The fourth-order valence-electron chi connectivity index (χ4n) is 2.85. The smallest absolute Gasteiger partial charge is 0.247 e. The normalized spacial score (nSPS) is 16.8. The number of nitrogens with one attached hydrogen (secondary N) is 1. The van der Waals surface area contributed by atoms with Gasteiger partial charge in [-0.25, -0.2) is 9.88 Å². The molecule has 1 aliphatic heterocycles. The van der Waals surface area contributed by atoms with E-state index < -0.39 is 5.25 Å². The number of para-hydroxylation sites is 1. The minimum Gasteiger partial charge on any atom is -0.497 e. The Morgan fingerprint density at radius 3 is 2.56 bits per heavy atom. The van der Waals surface area contributed by atoms with Crippen molar-refractivity contribution in [1.29, 1.82) is 0 Å². The summed E-state index contributed by atoms with van der Waals surface area (Å²) in [5.41, 5.74) is 1.44. The quantitative estimate of drug-likeness (QED) is 0.685. The molecule has 0 radical (unpaired) electrons. The monoisotopic (exact) mass is 380 g/mol. The highest BCUT2D eigenvalue weighted by atomic mass is 32.2. The third-order valence-corrected chi connectivity index (χ3v) is 5.24. The Hall–Kier alpha value is -3.13. The predicted octanol–water partition coefficient (Wildman–Crippen LogP) is 2.90. The number of H-pyrrole nitrogens is 1. The van der Waals surface area contributed by atoms with Crippen LogP contribution in [-0.4, -0.2) is 39.4 Å². The third kappa shape index (κ3) is 3.43. The highest BCUT2D eigenvalue weighted by molar-refractivity contribution is 8.00. The molecule has 0 unspecified atom stereocenters. The molecule has 1 fully saturated rings. The number of imide groups is 1. The van der Waals surface area contributed by atoms with Crippen molar-refractivity contribution in [3.05, 3.63) is 54.6 Å². The van der Waals surface area contributed by atoms with Crippen molar-refractivity contribution in [2.45, 2.75) is 16.8 Å². The van der Waals surface area contributed by atoms with Gasteiger partial charge in [-0.05, 0) is 36.4 Å². The first-order valence-electron chi connectivity index (χ1n) is 8.31. The number of nitrogens with zero attached hydrogens (tertiary/aromatic N) is 3. The van der Waals surface area contributed by atoms with E-state index in [0.29, 0.717) is 16.7 Å². The maximum Gasteiger partial charge on any atom is 0.247 e. The molecule has 1 N–H and O–H groups in total. The lowest BCUT2D eigenvalue weighted by molar-refractivity contribution is -0.121. The molecule has 2 aromatic carbocycles. The van der Waals surface area contributed by atoms with Gasteiger partial charge in [-0.1, -0.05) is 30.0 Å². The van der Waals surface area contributed by atoms with Crippen LogP contribution in [0.3, 0.4) is 0 Å². The van der Waals surface area contributed by atoms with Gasteiger partial charge < -0.3 is 4.74 Å². The average molecular weight is 380 g/mol. The number of thioether (sulfide) groups is 1. The van der Waals surface area contributed by atoms with Gasteiger partial charge in [0.2, 0.25) is 17.0 Å². The number of carbonyl (C=O) groups is 2. The summed E-state index contributed by atoms with van der Waals surface area (Å²) in [5, 5.41) is 6.94. The number of aromatic amines is 1. The molecule has 7 nitrogen and oxygen atoms in total. The van der Waals surface area contributed by atoms with Crippen LogP contribution in [0.1, 0.15) is 6.42 Å². The van der Waals surface area contributed by atoms with E-state index in [0.717, 1.165) is 11.3 Å². The Morgan fingerprint density at radius 2 is 1.85 bits per heavy atom. The largest absolute Gasteiger partial charge is 0.497 e. The number of hydrogen-bond acceptors (Lipinski definition) is 6. The van der Waals surface area contributed by atoms with Crippen molar-refractivity contribution in [3.8, 4) is 17.1 Å². The number of amides is 2. The molecule has 136 valence electrons. The molecule has 2 heterocycles. The van der Waals surface area contributed by atoms with E-state index in [2.05, 4.69) is 15.2 Å². The second-order valence-corrected chi connectivity index (χ2v) is 7.08. The Morgan fingerprint density at radius 1 is 1.11 bits per heavy atom. The minimum absolute atomic E-state index is 0.130. The molecular weight excluding hydrogens is 364 g/mol. The topological polar surface area (TPSA) is 88.2 Å². The zero-order chi connectivity index (χ0) is 18.8. The van der Waals surface area contributed by atoms with E-state index >= 15 is 0 Å². The van der Waals surface area contributed by atoms with Gasteiger partial charge in [-0.3, -0.25) is 14.7 Å². The SMILES string of the molecule is COc1ccc(-c2nc(S[C@H]3CC(=O)N(c4ccccc4)C3=O)n[nH]2)cc1. The number of rotatable bonds is 5. The minimum atomic E-state index is -0.530. The highest BCUT2D eigenvalue weighted by Gasteiger charge is 2.40. The Bertz CT molecular complexity index is 972. The van der Waals surface area contributed by atoms with Crippen LogP contribution in [0.25, 0.3) is 11.4 Å². The molecule has 1 saturated heterocycles. The van der Waals surface area contributed by atoms with E-state index in [1.807, 2.05) is 30.3 Å². The molecule has 1 aliphatic rings. The van der Waals surface area contributed by atoms with Crippen LogP contribution in [0.4, 0.5) is 5.69 Å². The van der Waals surface area contributed by atoms with Crippen molar-refractivity contribution >= 4 is 29.3 Å². The molecule has 0 bridgehead atoms. The zero-order valence-corrected chi connectivity index (χ0v) is 15.3. The summed E-state index contributed by atoms with van der Waals surface area (Å²) in [7, 11) is 1.61. The van der Waals surface area contributed by atoms with E-state index in [1.54, 1.807) is 31.4 Å². The standard InChI is InChI=1S/C19H16N4O3S/c1-26-14-9-7-12(8-10-14)17-20-19(22-21-17)27-15-11-16(24)23(18(15)25)13-5-3-2-4-6-13/h2-10,15H,11H2,1H3,(H,20,21,22)/t15-/m0/s1. The van der Waals surface area contributed by atoms with Crippen molar-refractivity contribution < 1.29 is 14.3 Å². The maximum absolute atomic E-state index is 12.7. The Labute approximate surface area is 159 Å². The number of methoxy groups -OCH3 is 1. The Kier molecular flexibility index (Phi) is 4.64. The molecule has 3 aromatic rings. The summed E-state index contributed by atoms with van der Waals surface area (Å²) in [5.74, 6) is 0.891. The molecular formula is C19H16N4O3S. The fourth-order valence-corrected chi connectivity index (χ4v) is 3.78. The predicted molar refractivity (Wildman–Crippen MR) is 102 cm³/mol. The van der Waals surface area contributed by atoms with E-state index in [1.165, 1.54) is 16.7 Å². The van der Waals surface area contributed by atoms with E-state index in [-0.39, 0.29) is 18.2 Å². The molecule has 8 heteroatoms. The fraction of sp³-hybridized carbons (Fsp3) is 0.158. The highest BCUT2D eigenvalue weighted by Crippen LogP contribution is 2.33. The summed E-state index contributed by atoms with van der Waals surface area (Å²) in [4.78, 5) is 30.6. The van der Waals surface area contributed by atoms with Crippen LogP contribution in [0.15, 0.2) is 59.8 Å². The van der Waals surface area contributed by atoms with Crippen LogP contribution in [0.2, 0.25) is 0 Å². The lowest BCUT2D eigenvalue weighted by atomic mass is 10.2. The first kappa shape index (κ1) is 17.3. The average Bonchev–Trinajstić information content (AvgIpc) is 3.27. The number of carbonyl (C=O) groups excluding carboxylic acids is 2. The molecule has 0 saturated carbocycles. The van der Waals surface area contributed by atoms with Crippen LogP contribution in [0, 0.1) is 0 Å². The van der Waals surface area contributed by atoms with Crippen LogP contribution < -0.4 is 9.64 Å². The number of aromatic nitrogens is 3. The van der Waals surface area contributed by atoms with E-state index in [9.17, 15) is 9.59 Å². The van der Waals surface area contributed by atoms with Crippen molar-refractivity contribution in [1.82, 2.24) is 15.2 Å². The number of hydrogen-bond donors (Lipinski definition) is 1. The van der Waals surface area contributed by atoms with Crippen LogP contribution >= 0.6 is 11.8 Å². The zero-order valence-electron chi connectivity index (χ0n) is 14.5. The molecule has 0 aliphatic carbocycles. The van der Waals surface area contributed by atoms with Gasteiger partial charge in [0.15, 0.2) is 5.82 Å². The first-order chi connectivity index (χ1) is 13.2. The van der Waals surface area contributed by atoms with Gasteiger partial charge in [0.25, 0.3) is 0 Å². The van der Waals surface area contributed by atoms with Crippen molar-refractivity contribution in [2.24, 2.45) is 0 Å². The second kappa shape index (κ2) is 7.24. The molecule has 0 spiro atoms. The van der Waals surface area contributed by atoms with E-state index in [4.69, 9.17) is 4.74 Å². The van der Waals surface area contributed by atoms with Gasteiger partial charge in [-0.15, -0.1) is 5.10 Å². The molecule has 2 amide bonds. The number of benzene rings is 2. The summed E-state index contributed by atoms with van der Waals surface area (Å²) in [6.07, 6.45) is 0.130. The summed E-state index contributed by atoms with van der Waals surface area (Å²) in [6, 6.07) is 16.3. The maximum atomic E-state index is 12.7. The lowest BCUT2D eigenvalue weighted by Crippen LogP contribution is -2.31. The van der Waals surface area contributed by atoms with Crippen molar-refractivity contribution in [2.75, 3.05) is 12.0 Å². The molecule has 1 atom stereocenters. The number of anilines is 1. The first-order valence-corrected chi connectivity index (χ1v) is 9.19. The van der Waals surface area contributed by atoms with Gasteiger partial charge in [-0.2, -0.15) is 0 Å². The molecule has 4 rings (SSSR count). The second-order valence-electron chi connectivity index (χ2n) is 5.91. The van der Waals surface area contributed by atoms with Gasteiger partial charge in [0.05, 0.1) is 12.8 Å². The molecule has 1 aromatic heterocycles. The number of ether oxygens (including phenoxy) is 1. The van der Waals surface area contributed by atoms with Gasteiger partial charge >= 0.3 is 0 Å². The van der Waals surface area contributed by atoms with Gasteiger partial charge in [0.1, 0.15) is 11.0 Å². The third-order valence-electron chi connectivity index (χ3n) is 4.20. The van der Waals surface area contributed by atoms with Gasteiger partial charge in [0, 0.05) is 12.0 Å². The summed E-state index contributed by atoms with van der Waals surface area (Å²) < 4.78 is 5.14. The Balaban J connectivity index is 1.49. The lowest BCUT2D eigenvalue weighted by Gasteiger charge is -2.14.